The van der Waals surface area contributed by atoms with Gasteiger partial charge in [-0.3, -0.25) is 19.2 Å². The summed E-state index contributed by atoms with van der Waals surface area (Å²) in [4.78, 5) is 59.8. The van der Waals surface area contributed by atoms with Crippen LogP contribution in [0.1, 0.15) is 62.3 Å². The van der Waals surface area contributed by atoms with Crippen LogP contribution in [0.25, 0.3) is 0 Å². The van der Waals surface area contributed by atoms with Crippen molar-refractivity contribution in [3.8, 4) is 0 Å². The molecule has 1 heterocycles. The first-order valence-electron chi connectivity index (χ1n) is 11.3. The summed E-state index contributed by atoms with van der Waals surface area (Å²) in [6.45, 7) is 11.3. The fraction of sp³-hybridized carbons (Fsp3) is 0.783. The lowest BCUT2D eigenvalue weighted by atomic mass is 9.83. The third kappa shape index (κ3) is 9.59. The minimum atomic E-state index is -1.95. The normalized spacial score (nSPS) is 24.9. The fourth-order valence-corrected chi connectivity index (χ4v) is 3.61. The van der Waals surface area contributed by atoms with Crippen molar-refractivity contribution in [2.75, 3.05) is 6.61 Å². The summed E-state index contributed by atoms with van der Waals surface area (Å²) >= 11 is 0. The van der Waals surface area contributed by atoms with E-state index in [1.807, 2.05) is 0 Å². The van der Waals surface area contributed by atoms with Gasteiger partial charge >= 0.3 is 30.0 Å². The molecule has 12 nitrogen and oxygen atoms in total. The highest BCUT2D eigenvalue weighted by atomic mass is 19.1. The van der Waals surface area contributed by atoms with Crippen molar-refractivity contribution < 1.29 is 56.8 Å². The van der Waals surface area contributed by atoms with Gasteiger partial charge in [0.25, 0.3) is 0 Å². The predicted octanol–water partition coefficient (Wildman–Crippen LogP) is 1.75. The van der Waals surface area contributed by atoms with Crippen molar-refractivity contribution in [3.63, 3.8) is 0 Å². The van der Waals surface area contributed by atoms with Crippen LogP contribution in [0, 0.1) is 0 Å². The smallest absolute Gasteiger partial charge is 0.408 e. The van der Waals surface area contributed by atoms with E-state index >= 15 is 4.39 Å². The maximum Gasteiger partial charge on any atom is 0.408 e. The lowest BCUT2D eigenvalue weighted by Crippen LogP contribution is -2.70. The van der Waals surface area contributed by atoms with Crippen LogP contribution in [0.5, 0.6) is 0 Å². The molecule has 206 valence electrons. The molecular weight excluding hydrogens is 485 g/mol. The van der Waals surface area contributed by atoms with E-state index < -0.39 is 84.4 Å². The highest BCUT2D eigenvalue weighted by Crippen LogP contribution is 2.36. The molecule has 4 unspecified atom stereocenters. The summed E-state index contributed by atoms with van der Waals surface area (Å²) in [5.74, 6) is -3.22. The first-order chi connectivity index (χ1) is 16.3. The van der Waals surface area contributed by atoms with Crippen molar-refractivity contribution in [2.45, 2.75) is 110 Å². The molecule has 0 aromatic heterocycles. The van der Waals surface area contributed by atoms with Crippen molar-refractivity contribution in [2.24, 2.45) is 0 Å². The molecule has 0 aliphatic carbocycles. The van der Waals surface area contributed by atoms with E-state index in [4.69, 9.17) is 28.4 Å². The third-order valence-corrected chi connectivity index (χ3v) is 4.85. The van der Waals surface area contributed by atoms with Crippen LogP contribution < -0.4 is 5.32 Å². The van der Waals surface area contributed by atoms with Gasteiger partial charge in [0.05, 0.1) is 5.60 Å². The summed E-state index contributed by atoms with van der Waals surface area (Å²) in [6.07, 6.45) is -8.98. The molecule has 0 aromatic rings. The number of amides is 1. The Bertz CT molecular complexity index is 838. The van der Waals surface area contributed by atoms with E-state index in [0.29, 0.717) is 0 Å². The molecule has 0 spiro atoms. The lowest BCUT2D eigenvalue weighted by Gasteiger charge is -2.49. The second kappa shape index (κ2) is 12.3. The van der Waals surface area contributed by atoms with Crippen LogP contribution in [0.3, 0.4) is 0 Å². The van der Waals surface area contributed by atoms with E-state index in [0.717, 1.165) is 27.7 Å². The summed E-state index contributed by atoms with van der Waals surface area (Å²) < 4.78 is 47.6. The average Bonchev–Trinajstić information content (AvgIpc) is 2.67. The summed E-state index contributed by atoms with van der Waals surface area (Å²) in [6, 6.07) is -1.48. The number of alkyl carbamates (subject to hydrolysis) is 1. The number of halogens is 1. The molecule has 1 fully saturated rings. The number of alkyl halides is 1. The molecule has 36 heavy (non-hydrogen) atoms. The number of esters is 4. The summed E-state index contributed by atoms with van der Waals surface area (Å²) in [7, 11) is 0. The zero-order chi connectivity index (χ0) is 28.0. The number of ether oxygens (including phenoxy) is 6. The number of nitrogens with one attached hydrogen (secondary N) is 1. The van der Waals surface area contributed by atoms with E-state index in [9.17, 15) is 24.0 Å². The predicted molar refractivity (Wildman–Crippen MR) is 120 cm³/mol. The van der Waals surface area contributed by atoms with Gasteiger partial charge < -0.3 is 33.7 Å². The van der Waals surface area contributed by atoms with Gasteiger partial charge in [-0.15, -0.1) is 0 Å². The second-order valence-corrected chi connectivity index (χ2v) is 9.86. The van der Waals surface area contributed by atoms with Crippen LogP contribution in [0.2, 0.25) is 0 Å². The van der Waals surface area contributed by atoms with Crippen molar-refractivity contribution >= 4 is 30.0 Å². The first-order valence-corrected chi connectivity index (χ1v) is 11.3. The number of hydrogen-bond donors (Lipinski definition) is 1. The Morgan fingerprint density at radius 1 is 0.944 bits per heavy atom. The lowest BCUT2D eigenvalue weighted by molar-refractivity contribution is -0.250. The van der Waals surface area contributed by atoms with Crippen LogP contribution in [0.15, 0.2) is 0 Å². The molecule has 1 aliphatic heterocycles. The Labute approximate surface area is 209 Å². The molecule has 6 atom stereocenters. The number of hydrogen-bond acceptors (Lipinski definition) is 11. The van der Waals surface area contributed by atoms with Gasteiger partial charge in [0, 0.05) is 27.7 Å². The van der Waals surface area contributed by atoms with E-state index in [1.165, 1.54) is 13.8 Å². The van der Waals surface area contributed by atoms with Crippen molar-refractivity contribution in [1.82, 2.24) is 5.32 Å². The van der Waals surface area contributed by atoms with Gasteiger partial charge in [-0.05, 0) is 34.6 Å². The quantitative estimate of drug-likeness (QED) is 0.367. The molecule has 0 aromatic carbocycles. The Morgan fingerprint density at radius 3 is 1.94 bits per heavy atom. The molecule has 1 amide bonds. The zero-order valence-corrected chi connectivity index (χ0v) is 22.0. The van der Waals surface area contributed by atoms with Crippen molar-refractivity contribution in [3.05, 3.63) is 0 Å². The van der Waals surface area contributed by atoms with Gasteiger partial charge in [0.2, 0.25) is 0 Å². The highest BCUT2D eigenvalue weighted by Gasteiger charge is 2.57. The van der Waals surface area contributed by atoms with E-state index in [-0.39, 0.29) is 0 Å². The number of carbonyl (C=O) groups is 5. The monoisotopic (exact) mass is 521 g/mol. The molecule has 1 rings (SSSR count). The molecule has 1 saturated heterocycles. The van der Waals surface area contributed by atoms with Crippen LogP contribution in [-0.4, -0.2) is 84.4 Å². The second-order valence-electron chi connectivity index (χ2n) is 9.86. The van der Waals surface area contributed by atoms with Crippen LogP contribution >= 0.6 is 0 Å². The maximum atomic E-state index is 15.5. The van der Waals surface area contributed by atoms with Gasteiger partial charge in [-0.2, -0.15) is 0 Å². The third-order valence-electron chi connectivity index (χ3n) is 4.85. The zero-order valence-electron chi connectivity index (χ0n) is 22.0. The van der Waals surface area contributed by atoms with Gasteiger partial charge in [0.1, 0.15) is 24.4 Å². The van der Waals surface area contributed by atoms with E-state index in [1.54, 1.807) is 20.8 Å². The summed E-state index contributed by atoms with van der Waals surface area (Å²) in [5.41, 5.74) is -2.57. The minimum absolute atomic E-state index is 0.552. The number of rotatable bonds is 8. The van der Waals surface area contributed by atoms with Crippen LogP contribution in [-0.2, 0) is 47.6 Å². The Morgan fingerprint density at radius 2 is 1.50 bits per heavy atom. The summed E-state index contributed by atoms with van der Waals surface area (Å²) in [5, 5.41) is 2.43. The topological polar surface area (TPSA) is 153 Å². The Hall–Kier alpha value is -2.96. The van der Waals surface area contributed by atoms with E-state index in [2.05, 4.69) is 5.32 Å². The standard InChI is InChI=1S/C23H36FNO11/c1-11(26)31-10-15(32-12(2)27)17(33-13(3)28)18-16(25-21(30)36-22(5,6)7)19(34-14(4)29)20(24)23(8,9)35-18/h15-20H,10H2,1-9H3,(H,25,30)/t15-,16?,17-,18?,19?,20?/m1/s1. The molecule has 1 N–H and O–H groups in total. The van der Waals surface area contributed by atoms with Crippen LogP contribution in [0.4, 0.5) is 9.18 Å². The fourth-order valence-electron chi connectivity index (χ4n) is 3.61. The van der Waals surface area contributed by atoms with Gasteiger partial charge in [0.15, 0.2) is 24.5 Å². The van der Waals surface area contributed by atoms with Gasteiger partial charge in [-0.1, -0.05) is 0 Å². The Kier molecular flexibility index (Phi) is 10.6. The Balaban J connectivity index is 3.63. The molecule has 13 heteroatoms. The van der Waals surface area contributed by atoms with Gasteiger partial charge in [-0.25, -0.2) is 9.18 Å². The number of carbonyl (C=O) groups excluding carboxylic acids is 5. The molecule has 0 radical (unpaired) electrons. The maximum absolute atomic E-state index is 15.5. The molecule has 0 saturated carbocycles. The minimum Gasteiger partial charge on any atom is -0.462 e. The largest absolute Gasteiger partial charge is 0.462 e. The molecule has 1 aliphatic rings. The highest BCUT2D eigenvalue weighted by molar-refractivity contribution is 5.70. The SMILES string of the molecule is CC(=O)OC[C@@H](OC(C)=O)[C@@H](OC(C)=O)C1OC(C)(C)C(F)C(OC(C)=O)C1NC(=O)OC(C)(C)C. The molecule has 0 bridgehead atoms. The van der Waals surface area contributed by atoms with Crippen molar-refractivity contribution in [1.29, 1.82) is 0 Å². The molecular formula is C23H36FNO11. The first kappa shape index (κ1) is 31.1. The average molecular weight is 522 g/mol.